The fraction of sp³-hybridized carbons (Fsp3) is 0.571. The van der Waals surface area contributed by atoms with Gasteiger partial charge in [0, 0.05) is 25.7 Å². The molecule has 5 heteroatoms. The van der Waals surface area contributed by atoms with Gasteiger partial charge in [-0.3, -0.25) is 10.1 Å². The summed E-state index contributed by atoms with van der Waals surface area (Å²) >= 11 is 0. The van der Waals surface area contributed by atoms with E-state index in [1.54, 1.807) is 12.1 Å². The summed E-state index contributed by atoms with van der Waals surface area (Å²) in [6, 6.07) is 5.67. The molecule has 1 atom stereocenters. The third-order valence-electron chi connectivity index (χ3n) is 3.70. The van der Waals surface area contributed by atoms with Gasteiger partial charge in [-0.25, -0.2) is 0 Å². The van der Waals surface area contributed by atoms with Crippen molar-refractivity contribution in [2.24, 2.45) is 0 Å². The first-order chi connectivity index (χ1) is 9.09. The second-order valence-corrected chi connectivity index (χ2v) is 5.23. The van der Waals surface area contributed by atoms with Gasteiger partial charge in [0.25, 0.3) is 5.69 Å². The van der Waals surface area contributed by atoms with Gasteiger partial charge in [-0.15, -0.1) is 0 Å². The second kappa shape index (κ2) is 6.02. The smallest absolute Gasteiger partial charge is 0.292 e. The third-order valence-corrected chi connectivity index (χ3v) is 3.70. The Morgan fingerprint density at radius 1 is 1.47 bits per heavy atom. The van der Waals surface area contributed by atoms with Crippen molar-refractivity contribution in [2.45, 2.75) is 32.2 Å². The fourth-order valence-electron chi connectivity index (χ4n) is 2.79. The highest BCUT2D eigenvalue weighted by Crippen LogP contribution is 2.31. The number of hydrogen-bond donors (Lipinski definition) is 1. The van der Waals surface area contributed by atoms with Gasteiger partial charge in [0.2, 0.25) is 0 Å². The first-order valence-electron chi connectivity index (χ1n) is 6.78. The number of aryl methyl sites for hydroxylation is 1. The zero-order valence-corrected chi connectivity index (χ0v) is 11.6. The van der Waals surface area contributed by atoms with Gasteiger partial charge < -0.3 is 10.2 Å². The highest BCUT2D eigenvalue weighted by molar-refractivity contribution is 5.67. The quantitative estimate of drug-likeness (QED) is 0.669. The average Bonchev–Trinajstić information content (AvgIpc) is 2.39. The van der Waals surface area contributed by atoms with E-state index in [2.05, 4.69) is 5.32 Å². The molecular weight excluding hydrogens is 242 g/mol. The van der Waals surface area contributed by atoms with Gasteiger partial charge >= 0.3 is 0 Å². The maximum Gasteiger partial charge on any atom is 0.292 e. The highest BCUT2D eigenvalue weighted by Gasteiger charge is 2.22. The number of rotatable bonds is 4. The summed E-state index contributed by atoms with van der Waals surface area (Å²) in [7, 11) is 1.94. The summed E-state index contributed by atoms with van der Waals surface area (Å²) in [5.74, 6) is 0. The van der Waals surface area contributed by atoms with Gasteiger partial charge in [0.1, 0.15) is 5.69 Å². The Hall–Kier alpha value is -1.62. The van der Waals surface area contributed by atoms with E-state index in [1.165, 1.54) is 12.8 Å². The molecule has 1 N–H and O–H groups in total. The largest absolute Gasteiger partial charge is 0.367 e. The molecule has 1 unspecified atom stereocenters. The standard InChI is InChI=1S/C14H21N3O2/c1-11-6-5-8-13(17(18)19)14(11)16(2)10-12-7-3-4-9-15-12/h5-6,8,12,15H,3-4,7,9-10H2,1-2H3. The minimum atomic E-state index is -0.298. The van der Waals surface area contributed by atoms with E-state index in [1.807, 2.05) is 24.9 Å². The third kappa shape index (κ3) is 3.23. The number of para-hydroxylation sites is 1. The summed E-state index contributed by atoms with van der Waals surface area (Å²) in [5, 5.41) is 14.6. The van der Waals surface area contributed by atoms with Crippen molar-refractivity contribution in [1.82, 2.24) is 5.32 Å². The normalized spacial score (nSPS) is 19.2. The molecule has 1 aliphatic rings. The van der Waals surface area contributed by atoms with Crippen LogP contribution in [0.2, 0.25) is 0 Å². The topological polar surface area (TPSA) is 58.4 Å². The molecule has 1 aliphatic heterocycles. The molecule has 5 nitrogen and oxygen atoms in total. The van der Waals surface area contributed by atoms with E-state index in [9.17, 15) is 10.1 Å². The van der Waals surface area contributed by atoms with Crippen LogP contribution in [0.4, 0.5) is 11.4 Å². The molecule has 0 amide bonds. The second-order valence-electron chi connectivity index (χ2n) is 5.23. The lowest BCUT2D eigenvalue weighted by Crippen LogP contribution is -2.42. The zero-order valence-electron chi connectivity index (χ0n) is 11.6. The molecule has 0 bridgehead atoms. The van der Waals surface area contributed by atoms with E-state index in [4.69, 9.17) is 0 Å². The maximum atomic E-state index is 11.1. The first kappa shape index (κ1) is 13.8. The summed E-state index contributed by atoms with van der Waals surface area (Å²) in [5.41, 5.74) is 1.88. The van der Waals surface area contributed by atoms with Crippen molar-refractivity contribution >= 4 is 11.4 Å². The molecule has 0 aliphatic carbocycles. The maximum absolute atomic E-state index is 11.1. The lowest BCUT2D eigenvalue weighted by atomic mass is 10.0. The molecule has 0 radical (unpaired) electrons. The number of benzene rings is 1. The Morgan fingerprint density at radius 3 is 2.89 bits per heavy atom. The number of nitrogens with one attached hydrogen (secondary N) is 1. The molecular formula is C14H21N3O2. The van der Waals surface area contributed by atoms with Crippen LogP contribution in [0.15, 0.2) is 18.2 Å². The Labute approximate surface area is 113 Å². The van der Waals surface area contributed by atoms with Crippen LogP contribution in [0.25, 0.3) is 0 Å². The van der Waals surface area contributed by atoms with Crippen LogP contribution in [-0.2, 0) is 0 Å². The van der Waals surface area contributed by atoms with E-state index < -0.39 is 0 Å². The van der Waals surface area contributed by atoms with Crippen LogP contribution in [0.1, 0.15) is 24.8 Å². The molecule has 0 saturated carbocycles. The van der Waals surface area contributed by atoms with Crippen LogP contribution in [0.3, 0.4) is 0 Å². The Kier molecular flexibility index (Phi) is 4.37. The van der Waals surface area contributed by atoms with Crippen molar-refractivity contribution in [3.63, 3.8) is 0 Å². The fourth-order valence-corrected chi connectivity index (χ4v) is 2.79. The van der Waals surface area contributed by atoms with Crippen LogP contribution in [0, 0.1) is 17.0 Å². The van der Waals surface area contributed by atoms with E-state index in [-0.39, 0.29) is 10.6 Å². The molecule has 1 fully saturated rings. The SMILES string of the molecule is Cc1cccc([N+](=O)[O-])c1N(C)CC1CCCCN1. The van der Waals surface area contributed by atoms with Crippen LogP contribution >= 0.6 is 0 Å². The minimum Gasteiger partial charge on any atom is -0.367 e. The molecule has 0 spiro atoms. The molecule has 1 aromatic rings. The lowest BCUT2D eigenvalue weighted by Gasteiger charge is -2.29. The Balaban J connectivity index is 2.17. The summed E-state index contributed by atoms with van der Waals surface area (Å²) in [6.45, 7) is 3.78. The number of nitrogens with zero attached hydrogens (tertiary/aromatic N) is 2. The van der Waals surface area contributed by atoms with Crippen molar-refractivity contribution < 1.29 is 4.92 Å². The molecule has 19 heavy (non-hydrogen) atoms. The number of hydrogen-bond acceptors (Lipinski definition) is 4. The van der Waals surface area contributed by atoms with Crippen LogP contribution in [0.5, 0.6) is 0 Å². The molecule has 0 aromatic heterocycles. The predicted octanol–water partition coefficient (Wildman–Crippen LogP) is 2.48. The number of nitro benzene ring substituents is 1. The number of piperidine rings is 1. The van der Waals surface area contributed by atoms with Crippen molar-refractivity contribution in [2.75, 3.05) is 25.0 Å². The molecule has 1 heterocycles. The molecule has 1 saturated heterocycles. The number of nitro groups is 1. The summed E-state index contributed by atoms with van der Waals surface area (Å²) in [6.07, 6.45) is 3.61. The van der Waals surface area contributed by atoms with Gasteiger partial charge in [-0.2, -0.15) is 0 Å². The predicted molar refractivity (Wildman–Crippen MR) is 76.7 cm³/mol. The van der Waals surface area contributed by atoms with Crippen LogP contribution < -0.4 is 10.2 Å². The van der Waals surface area contributed by atoms with Gasteiger partial charge in [-0.1, -0.05) is 18.6 Å². The Bertz CT molecular complexity index is 456. The van der Waals surface area contributed by atoms with Crippen molar-refractivity contribution in [3.8, 4) is 0 Å². The van der Waals surface area contributed by atoms with E-state index in [0.717, 1.165) is 30.8 Å². The lowest BCUT2D eigenvalue weighted by molar-refractivity contribution is -0.384. The zero-order chi connectivity index (χ0) is 13.8. The highest BCUT2D eigenvalue weighted by atomic mass is 16.6. The minimum absolute atomic E-state index is 0.193. The van der Waals surface area contributed by atoms with Gasteiger partial charge in [0.05, 0.1) is 4.92 Å². The Morgan fingerprint density at radius 2 is 2.26 bits per heavy atom. The number of likely N-dealkylation sites (N-methyl/N-ethyl adjacent to an activating group) is 1. The first-order valence-corrected chi connectivity index (χ1v) is 6.78. The summed E-state index contributed by atoms with van der Waals surface area (Å²) in [4.78, 5) is 12.8. The molecule has 104 valence electrons. The average molecular weight is 263 g/mol. The summed E-state index contributed by atoms with van der Waals surface area (Å²) < 4.78 is 0. The van der Waals surface area contributed by atoms with E-state index in [0.29, 0.717) is 6.04 Å². The van der Waals surface area contributed by atoms with Crippen molar-refractivity contribution in [1.29, 1.82) is 0 Å². The van der Waals surface area contributed by atoms with Gasteiger partial charge in [0.15, 0.2) is 0 Å². The molecule has 2 rings (SSSR count). The van der Waals surface area contributed by atoms with Gasteiger partial charge in [-0.05, 0) is 31.9 Å². The monoisotopic (exact) mass is 263 g/mol. The van der Waals surface area contributed by atoms with E-state index >= 15 is 0 Å². The van der Waals surface area contributed by atoms with Crippen LogP contribution in [-0.4, -0.2) is 31.1 Å². The van der Waals surface area contributed by atoms with Crippen molar-refractivity contribution in [3.05, 3.63) is 33.9 Å². The molecule has 1 aromatic carbocycles. The number of anilines is 1.